The fourth-order valence-corrected chi connectivity index (χ4v) is 1.97. The molecule has 3 rings (SSSR count). The molecule has 0 saturated heterocycles. The van der Waals surface area contributed by atoms with Crippen LogP contribution in [-0.4, -0.2) is 20.5 Å². The minimum absolute atomic E-state index is 0.0973. The number of hydrogen-bond acceptors (Lipinski definition) is 3. The van der Waals surface area contributed by atoms with Crippen molar-refractivity contribution in [3.05, 3.63) is 60.2 Å². The zero-order valence-electron chi connectivity index (χ0n) is 9.87. The number of aromatic nitrogens is 3. The number of benzene rings is 1. The maximum Gasteiger partial charge on any atom is 0.215 e. The quantitative estimate of drug-likeness (QED) is 0.642. The molecule has 0 fully saturated rings. The van der Waals surface area contributed by atoms with Crippen LogP contribution < -0.4 is 0 Å². The third-order valence-corrected chi connectivity index (χ3v) is 2.86. The van der Waals surface area contributed by atoms with Gasteiger partial charge in [0.15, 0.2) is 0 Å². The third kappa shape index (κ3) is 1.68. The first-order chi connectivity index (χ1) is 8.75. The molecular formula is C14H11N3O. The molecule has 0 bridgehead atoms. The molecule has 0 radical (unpaired) electrons. The van der Waals surface area contributed by atoms with E-state index in [2.05, 4.69) is 10.1 Å². The molecule has 0 unspecified atom stereocenters. The molecule has 0 aliphatic rings. The summed E-state index contributed by atoms with van der Waals surface area (Å²) >= 11 is 0. The minimum Gasteiger partial charge on any atom is -0.287 e. The first kappa shape index (κ1) is 10.7. The topological polar surface area (TPSA) is 47.8 Å². The molecule has 4 heteroatoms. The van der Waals surface area contributed by atoms with Crippen molar-refractivity contribution in [2.24, 2.45) is 7.05 Å². The van der Waals surface area contributed by atoms with Gasteiger partial charge in [-0.05, 0) is 11.5 Å². The summed E-state index contributed by atoms with van der Waals surface area (Å²) in [7, 11) is 1.79. The van der Waals surface area contributed by atoms with Gasteiger partial charge in [-0.3, -0.25) is 14.5 Å². The van der Waals surface area contributed by atoms with Crippen molar-refractivity contribution >= 4 is 16.6 Å². The van der Waals surface area contributed by atoms with Crippen LogP contribution in [0.1, 0.15) is 16.1 Å². The van der Waals surface area contributed by atoms with E-state index in [-0.39, 0.29) is 5.78 Å². The summed E-state index contributed by atoms with van der Waals surface area (Å²) in [5, 5.41) is 6.00. The number of pyridine rings is 1. The number of ketones is 1. The summed E-state index contributed by atoms with van der Waals surface area (Å²) < 4.78 is 1.62. The van der Waals surface area contributed by atoms with Crippen molar-refractivity contribution in [1.82, 2.24) is 14.8 Å². The summed E-state index contributed by atoms with van der Waals surface area (Å²) in [6.07, 6.45) is 5.11. The van der Waals surface area contributed by atoms with Crippen LogP contribution in [0.2, 0.25) is 0 Å². The van der Waals surface area contributed by atoms with Crippen molar-refractivity contribution < 1.29 is 4.79 Å². The predicted molar refractivity (Wildman–Crippen MR) is 68.4 cm³/mol. The number of aryl methyl sites for hydroxylation is 1. The number of carbonyl (C=O) groups is 1. The average Bonchev–Trinajstić information content (AvgIpc) is 2.84. The van der Waals surface area contributed by atoms with Crippen molar-refractivity contribution in [2.45, 2.75) is 0 Å². The average molecular weight is 237 g/mol. The molecule has 18 heavy (non-hydrogen) atoms. The normalized spacial score (nSPS) is 10.7. The smallest absolute Gasteiger partial charge is 0.215 e. The van der Waals surface area contributed by atoms with Gasteiger partial charge in [-0.15, -0.1) is 0 Å². The lowest BCUT2D eigenvalue weighted by Crippen LogP contribution is -2.04. The molecule has 3 aromatic rings. The van der Waals surface area contributed by atoms with Gasteiger partial charge in [0, 0.05) is 31.0 Å². The molecule has 88 valence electrons. The van der Waals surface area contributed by atoms with Gasteiger partial charge in [0.25, 0.3) is 0 Å². The highest BCUT2D eigenvalue weighted by molar-refractivity contribution is 6.15. The summed E-state index contributed by atoms with van der Waals surface area (Å²) in [6, 6.07) is 9.42. The summed E-state index contributed by atoms with van der Waals surface area (Å²) in [6.45, 7) is 0. The standard InChI is InChI=1S/C14H11N3O/c1-17-7-6-13(16-17)14(18)12-9-15-8-10-4-2-3-5-11(10)12/h2-9H,1H3. The summed E-state index contributed by atoms with van der Waals surface area (Å²) in [5.74, 6) is -0.0973. The van der Waals surface area contributed by atoms with Gasteiger partial charge >= 0.3 is 0 Å². The molecule has 0 N–H and O–H groups in total. The van der Waals surface area contributed by atoms with Crippen LogP contribution in [0.3, 0.4) is 0 Å². The van der Waals surface area contributed by atoms with E-state index < -0.39 is 0 Å². The van der Waals surface area contributed by atoms with Crippen molar-refractivity contribution in [2.75, 3.05) is 0 Å². The van der Waals surface area contributed by atoms with Crippen molar-refractivity contribution in [3.63, 3.8) is 0 Å². The van der Waals surface area contributed by atoms with E-state index in [0.717, 1.165) is 10.8 Å². The molecule has 1 aromatic carbocycles. The van der Waals surface area contributed by atoms with E-state index in [9.17, 15) is 4.79 Å². The molecule has 2 heterocycles. The molecule has 0 amide bonds. The van der Waals surface area contributed by atoms with E-state index >= 15 is 0 Å². The van der Waals surface area contributed by atoms with Gasteiger partial charge in [0.1, 0.15) is 5.69 Å². The highest BCUT2D eigenvalue weighted by Crippen LogP contribution is 2.19. The lowest BCUT2D eigenvalue weighted by molar-refractivity contribution is 0.103. The molecular weight excluding hydrogens is 226 g/mol. The highest BCUT2D eigenvalue weighted by Gasteiger charge is 2.14. The minimum atomic E-state index is -0.0973. The van der Waals surface area contributed by atoms with Crippen LogP contribution >= 0.6 is 0 Å². The van der Waals surface area contributed by atoms with Gasteiger partial charge in [-0.25, -0.2) is 0 Å². The van der Waals surface area contributed by atoms with E-state index in [0.29, 0.717) is 11.3 Å². The fraction of sp³-hybridized carbons (Fsp3) is 0.0714. The van der Waals surface area contributed by atoms with Gasteiger partial charge in [0.2, 0.25) is 5.78 Å². The molecule has 4 nitrogen and oxygen atoms in total. The van der Waals surface area contributed by atoms with Crippen molar-refractivity contribution in [3.8, 4) is 0 Å². The Morgan fingerprint density at radius 2 is 2.00 bits per heavy atom. The Hall–Kier alpha value is -2.49. The second kappa shape index (κ2) is 4.07. The molecule has 0 spiro atoms. The van der Waals surface area contributed by atoms with Gasteiger partial charge < -0.3 is 0 Å². The molecule has 0 saturated carbocycles. The van der Waals surface area contributed by atoms with Crippen LogP contribution in [0.15, 0.2) is 48.9 Å². The van der Waals surface area contributed by atoms with Gasteiger partial charge in [-0.1, -0.05) is 24.3 Å². The molecule has 0 aliphatic heterocycles. The Kier molecular flexibility index (Phi) is 2.41. The van der Waals surface area contributed by atoms with E-state index in [1.54, 1.807) is 36.4 Å². The number of nitrogens with zero attached hydrogens (tertiary/aromatic N) is 3. The van der Waals surface area contributed by atoms with Crippen molar-refractivity contribution in [1.29, 1.82) is 0 Å². The number of hydrogen-bond donors (Lipinski definition) is 0. The highest BCUT2D eigenvalue weighted by atomic mass is 16.1. The van der Waals surface area contributed by atoms with Gasteiger partial charge in [0.05, 0.1) is 5.56 Å². The fourth-order valence-electron chi connectivity index (χ4n) is 1.97. The SMILES string of the molecule is Cn1ccc(C(=O)c2cncc3ccccc23)n1. The van der Waals surface area contributed by atoms with Crippen LogP contribution in [0, 0.1) is 0 Å². The molecule has 2 aromatic heterocycles. The number of rotatable bonds is 2. The lowest BCUT2D eigenvalue weighted by atomic mass is 10.0. The van der Waals surface area contributed by atoms with Crippen LogP contribution in [0.4, 0.5) is 0 Å². The number of fused-ring (bicyclic) bond motifs is 1. The molecule has 0 atom stereocenters. The zero-order chi connectivity index (χ0) is 12.5. The Bertz CT molecular complexity index is 725. The Morgan fingerprint density at radius 1 is 1.17 bits per heavy atom. The Labute approximate surface area is 104 Å². The third-order valence-electron chi connectivity index (χ3n) is 2.86. The summed E-state index contributed by atoms with van der Waals surface area (Å²) in [4.78, 5) is 16.5. The van der Waals surface area contributed by atoms with E-state index in [4.69, 9.17) is 0 Å². The first-order valence-corrected chi connectivity index (χ1v) is 5.63. The predicted octanol–water partition coefficient (Wildman–Crippen LogP) is 2.20. The van der Waals surface area contributed by atoms with E-state index in [1.807, 2.05) is 24.3 Å². The maximum atomic E-state index is 12.4. The van der Waals surface area contributed by atoms with Crippen LogP contribution in [0.5, 0.6) is 0 Å². The maximum absolute atomic E-state index is 12.4. The van der Waals surface area contributed by atoms with Crippen LogP contribution in [-0.2, 0) is 7.05 Å². The van der Waals surface area contributed by atoms with Crippen LogP contribution in [0.25, 0.3) is 10.8 Å². The van der Waals surface area contributed by atoms with E-state index in [1.165, 1.54) is 0 Å². The largest absolute Gasteiger partial charge is 0.287 e. The zero-order valence-corrected chi connectivity index (χ0v) is 9.87. The monoisotopic (exact) mass is 237 g/mol. The number of carbonyl (C=O) groups excluding carboxylic acids is 1. The second-order valence-corrected chi connectivity index (χ2v) is 4.11. The van der Waals surface area contributed by atoms with Gasteiger partial charge in [-0.2, -0.15) is 5.10 Å². The second-order valence-electron chi connectivity index (χ2n) is 4.11. The molecule has 0 aliphatic carbocycles. The first-order valence-electron chi connectivity index (χ1n) is 5.63. The summed E-state index contributed by atoms with van der Waals surface area (Å²) in [5.41, 5.74) is 1.03. The lowest BCUT2D eigenvalue weighted by Gasteiger charge is -2.02. The Balaban J connectivity index is 2.17. The Morgan fingerprint density at radius 3 is 2.78 bits per heavy atom.